The minimum Gasteiger partial charge on any atom is -0.487 e. The molecule has 4 nitrogen and oxygen atoms in total. The van der Waals surface area contributed by atoms with Crippen molar-refractivity contribution in [3.8, 4) is 5.75 Å². The number of nitrogens with two attached hydrogens (primary N) is 1. The van der Waals surface area contributed by atoms with Crippen molar-refractivity contribution in [1.29, 1.82) is 0 Å². The molecular weight excluding hydrogens is 312 g/mol. The first-order chi connectivity index (χ1) is 12.2. The lowest BCUT2D eigenvalue weighted by Crippen LogP contribution is -2.38. The zero-order chi connectivity index (χ0) is 17.6. The monoisotopic (exact) mass is 338 g/mol. The van der Waals surface area contributed by atoms with Crippen molar-refractivity contribution in [3.05, 3.63) is 59.7 Å². The highest BCUT2D eigenvalue weighted by molar-refractivity contribution is 6.00. The van der Waals surface area contributed by atoms with Gasteiger partial charge in [-0.2, -0.15) is 0 Å². The van der Waals surface area contributed by atoms with E-state index in [2.05, 4.69) is 0 Å². The van der Waals surface area contributed by atoms with Gasteiger partial charge in [0.2, 0.25) is 0 Å². The lowest BCUT2D eigenvalue weighted by atomic mass is 9.94. The van der Waals surface area contributed by atoms with E-state index in [0.717, 1.165) is 18.4 Å². The molecule has 2 aromatic carbocycles. The van der Waals surface area contributed by atoms with E-state index in [-0.39, 0.29) is 5.91 Å². The summed E-state index contributed by atoms with van der Waals surface area (Å²) in [4.78, 5) is 14.7. The van der Waals surface area contributed by atoms with Crippen molar-refractivity contribution in [2.75, 3.05) is 12.8 Å². The van der Waals surface area contributed by atoms with Gasteiger partial charge >= 0.3 is 0 Å². The van der Waals surface area contributed by atoms with Crippen molar-refractivity contribution in [3.63, 3.8) is 0 Å². The third kappa shape index (κ3) is 4.13. The molecule has 1 aliphatic carbocycles. The Morgan fingerprint density at radius 2 is 1.80 bits per heavy atom. The van der Waals surface area contributed by atoms with Crippen LogP contribution in [0.3, 0.4) is 0 Å². The van der Waals surface area contributed by atoms with E-state index in [9.17, 15) is 4.79 Å². The highest BCUT2D eigenvalue weighted by Gasteiger charge is 2.25. The SMILES string of the molecule is CN(C(=O)c1cccc(OCc2ccccc2)c1N)C1CCCCC1. The largest absolute Gasteiger partial charge is 0.487 e. The Kier molecular flexibility index (Phi) is 5.59. The van der Waals surface area contributed by atoms with E-state index < -0.39 is 0 Å². The van der Waals surface area contributed by atoms with Crippen LogP contribution < -0.4 is 10.5 Å². The number of amides is 1. The standard InChI is InChI=1S/C21H26N2O2/c1-23(17-11-6-3-7-12-17)21(24)18-13-8-14-19(20(18)22)25-15-16-9-4-2-5-10-16/h2,4-5,8-10,13-14,17H,3,6-7,11-12,15,22H2,1H3. The van der Waals surface area contributed by atoms with Gasteiger partial charge in [0.25, 0.3) is 5.91 Å². The Morgan fingerprint density at radius 3 is 2.52 bits per heavy atom. The zero-order valence-corrected chi connectivity index (χ0v) is 14.8. The van der Waals surface area contributed by atoms with E-state index in [1.165, 1.54) is 19.3 Å². The van der Waals surface area contributed by atoms with Gasteiger partial charge in [-0.25, -0.2) is 0 Å². The molecule has 3 rings (SSSR count). The molecule has 2 N–H and O–H groups in total. The predicted molar refractivity (Wildman–Crippen MR) is 101 cm³/mol. The summed E-state index contributed by atoms with van der Waals surface area (Å²) in [6.45, 7) is 0.432. The Hall–Kier alpha value is -2.49. The van der Waals surface area contributed by atoms with Crippen LogP contribution in [0.25, 0.3) is 0 Å². The second kappa shape index (κ2) is 8.06. The molecule has 4 heteroatoms. The minimum absolute atomic E-state index is 0.0189. The summed E-state index contributed by atoms with van der Waals surface area (Å²) < 4.78 is 5.84. The first-order valence-corrected chi connectivity index (χ1v) is 8.99. The molecule has 25 heavy (non-hydrogen) atoms. The summed E-state index contributed by atoms with van der Waals surface area (Å²) in [5.41, 5.74) is 8.26. The molecule has 0 unspecified atom stereocenters. The van der Waals surface area contributed by atoms with Gasteiger partial charge in [0.1, 0.15) is 12.4 Å². The fourth-order valence-electron chi connectivity index (χ4n) is 3.42. The van der Waals surface area contributed by atoms with Crippen LogP contribution in [0.4, 0.5) is 5.69 Å². The van der Waals surface area contributed by atoms with E-state index in [1.807, 2.05) is 54.4 Å². The summed E-state index contributed by atoms with van der Waals surface area (Å²) in [6, 6.07) is 15.7. The van der Waals surface area contributed by atoms with E-state index in [0.29, 0.717) is 29.6 Å². The number of nitrogen functional groups attached to an aromatic ring is 1. The first kappa shape index (κ1) is 17.3. The second-order valence-corrected chi connectivity index (χ2v) is 6.70. The van der Waals surface area contributed by atoms with Crippen molar-refractivity contribution >= 4 is 11.6 Å². The van der Waals surface area contributed by atoms with Crippen LogP contribution in [0.15, 0.2) is 48.5 Å². The summed E-state index contributed by atoms with van der Waals surface area (Å²) in [5.74, 6) is 0.543. The van der Waals surface area contributed by atoms with Crippen molar-refractivity contribution in [1.82, 2.24) is 4.90 Å². The molecule has 1 fully saturated rings. The van der Waals surface area contributed by atoms with Crippen LogP contribution in [0.2, 0.25) is 0 Å². The van der Waals surface area contributed by atoms with Crippen molar-refractivity contribution in [2.45, 2.75) is 44.8 Å². The molecule has 1 aliphatic rings. The van der Waals surface area contributed by atoms with Crippen LogP contribution >= 0.6 is 0 Å². The van der Waals surface area contributed by atoms with Crippen LogP contribution in [-0.2, 0) is 6.61 Å². The van der Waals surface area contributed by atoms with Gasteiger partial charge in [-0.1, -0.05) is 55.7 Å². The maximum absolute atomic E-state index is 12.9. The predicted octanol–water partition coefficient (Wildman–Crippen LogP) is 4.25. The number of ether oxygens (including phenoxy) is 1. The summed E-state index contributed by atoms with van der Waals surface area (Å²) in [5, 5.41) is 0. The number of carbonyl (C=O) groups excluding carboxylic acids is 1. The molecule has 132 valence electrons. The average molecular weight is 338 g/mol. The van der Waals surface area contributed by atoms with Crippen molar-refractivity contribution < 1.29 is 9.53 Å². The molecule has 0 bridgehead atoms. The van der Waals surface area contributed by atoms with Gasteiger partial charge < -0.3 is 15.4 Å². The number of rotatable bonds is 5. The molecule has 0 aromatic heterocycles. The third-order valence-corrected chi connectivity index (χ3v) is 4.98. The lowest BCUT2D eigenvalue weighted by Gasteiger charge is -2.31. The molecule has 0 radical (unpaired) electrons. The maximum Gasteiger partial charge on any atom is 0.256 e. The highest BCUT2D eigenvalue weighted by Crippen LogP contribution is 2.29. The Morgan fingerprint density at radius 1 is 1.08 bits per heavy atom. The van der Waals surface area contributed by atoms with Gasteiger partial charge in [-0.05, 0) is 30.5 Å². The zero-order valence-electron chi connectivity index (χ0n) is 14.8. The van der Waals surface area contributed by atoms with Gasteiger partial charge in [-0.15, -0.1) is 0 Å². The number of nitrogens with zero attached hydrogens (tertiary/aromatic N) is 1. The van der Waals surface area contributed by atoms with Gasteiger partial charge in [0.05, 0.1) is 11.3 Å². The fraction of sp³-hybridized carbons (Fsp3) is 0.381. The lowest BCUT2D eigenvalue weighted by molar-refractivity contribution is 0.0697. The Bertz CT molecular complexity index is 709. The molecule has 0 aliphatic heterocycles. The number of para-hydroxylation sites is 1. The molecule has 1 amide bonds. The molecule has 0 atom stereocenters. The number of anilines is 1. The van der Waals surface area contributed by atoms with E-state index in [1.54, 1.807) is 6.07 Å². The number of hydrogen-bond donors (Lipinski definition) is 1. The summed E-state index contributed by atoms with van der Waals surface area (Å²) in [7, 11) is 1.88. The Balaban J connectivity index is 1.72. The first-order valence-electron chi connectivity index (χ1n) is 8.99. The minimum atomic E-state index is -0.0189. The van der Waals surface area contributed by atoms with Crippen LogP contribution in [0.1, 0.15) is 48.0 Å². The van der Waals surface area contributed by atoms with Gasteiger partial charge in [0, 0.05) is 13.1 Å². The molecule has 2 aromatic rings. The normalized spacial score (nSPS) is 14.9. The van der Waals surface area contributed by atoms with Crippen LogP contribution in [-0.4, -0.2) is 23.9 Å². The Labute approximate surface area is 149 Å². The fourth-order valence-corrected chi connectivity index (χ4v) is 3.42. The molecule has 0 heterocycles. The summed E-state index contributed by atoms with van der Waals surface area (Å²) in [6.07, 6.45) is 5.80. The van der Waals surface area contributed by atoms with Gasteiger partial charge in [-0.3, -0.25) is 4.79 Å². The molecule has 1 saturated carbocycles. The smallest absolute Gasteiger partial charge is 0.256 e. The average Bonchev–Trinajstić information content (AvgIpc) is 2.67. The van der Waals surface area contributed by atoms with E-state index >= 15 is 0 Å². The van der Waals surface area contributed by atoms with Crippen molar-refractivity contribution in [2.24, 2.45) is 0 Å². The second-order valence-electron chi connectivity index (χ2n) is 6.70. The summed E-state index contributed by atoms with van der Waals surface area (Å²) >= 11 is 0. The van der Waals surface area contributed by atoms with Crippen LogP contribution in [0, 0.1) is 0 Å². The molecule has 0 spiro atoms. The number of carbonyl (C=O) groups is 1. The highest BCUT2D eigenvalue weighted by atomic mass is 16.5. The topological polar surface area (TPSA) is 55.6 Å². The van der Waals surface area contributed by atoms with Gasteiger partial charge in [0.15, 0.2) is 0 Å². The van der Waals surface area contributed by atoms with E-state index in [4.69, 9.17) is 10.5 Å². The third-order valence-electron chi connectivity index (χ3n) is 4.98. The molecule has 0 saturated heterocycles. The maximum atomic E-state index is 12.9. The number of hydrogen-bond acceptors (Lipinski definition) is 3. The van der Waals surface area contributed by atoms with Crippen LogP contribution in [0.5, 0.6) is 5.75 Å². The quantitative estimate of drug-likeness (QED) is 0.829. The number of benzene rings is 2. The molecular formula is C21H26N2O2.